The van der Waals surface area contributed by atoms with Gasteiger partial charge in [-0.25, -0.2) is 4.42 Å². The molecule has 0 aliphatic heterocycles. The van der Waals surface area contributed by atoms with E-state index in [4.69, 9.17) is 4.42 Å². The lowest BCUT2D eigenvalue weighted by molar-refractivity contribution is -0.385. The fourth-order valence-electron chi connectivity index (χ4n) is 2.51. The number of non-ortho nitro benzene ring substituents is 2. The molecule has 0 fully saturated rings. The highest BCUT2D eigenvalue weighted by Crippen LogP contribution is 2.31. The average molecular weight is 337 g/mol. The summed E-state index contributed by atoms with van der Waals surface area (Å²) in [6.07, 6.45) is 0. The highest BCUT2D eigenvalue weighted by atomic mass is 16.6. The summed E-state index contributed by atoms with van der Waals surface area (Å²) in [5.41, 5.74) is 1.91. The minimum absolute atomic E-state index is 0.00663. The second-order valence-electron chi connectivity index (χ2n) is 5.44. The van der Waals surface area contributed by atoms with Gasteiger partial charge in [-0.05, 0) is 11.6 Å². The predicted octanol–water partition coefficient (Wildman–Crippen LogP) is 5.02. The summed E-state index contributed by atoms with van der Waals surface area (Å²) in [6.45, 7) is 1.75. The van der Waals surface area contributed by atoms with Crippen molar-refractivity contribution in [3.8, 4) is 22.5 Å². The standard InChI is InChI=1S/C18H13N2O5/c1-12-8-15(13-4-2-6-16(9-13)19(21)22)11-18(25-12)14-5-3-7-17(10-14)20(23)24/h2-11H,1H3/q+1. The normalized spacial score (nSPS) is 10.4. The molecule has 0 atom stereocenters. The van der Waals surface area contributed by atoms with E-state index in [-0.39, 0.29) is 11.4 Å². The van der Waals surface area contributed by atoms with Crippen molar-refractivity contribution >= 4 is 11.4 Å². The predicted molar refractivity (Wildman–Crippen MR) is 92.0 cm³/mol. The number of nitro groups is 2. The molecule has 0 saturated heterocycles. The van der Waals surface area contributed by atoms with Gasteiger partial charge in [-0.2, -0.15) is 0 Å². The van der Waals surface area contributed by atoms with E-state index < -0.39 is 9.85 Å². The number of benzene rings is 2. The summed E-state index contributed by atoms with van der Waals surface area (Å²) in [5.74, 6) is 1.04. The Hall–Kier alpha value is -3.61. The van der Waals surface area contributed by atoms with Crippen molar-refractivity contribution in [3.05, 3.63) is 86.7 Å². The molecule has 0 bridgehead atoms. The number of aryl methyl sites for hydroxylation is 1. The fraction of sp³-hybridized carbons (Fsp3) is 0.0556. The molecule has 7 nitrogen and oxygen atoms in total. The molecular weight excluding hydrogens is 324 g/mol. The molecular formula is C18H13N2O5+. The van der Waals surface area contributed by atoms with E-state index in [1.54, 1.807) is 43.3 Å². The molecule has 2 aromatic carbocycles. The molecule has 3 rings (SSSR count). The van der Waals surface area contributed by atoms with Gasteiger partial charge < -0.3 is 0 Å². The Bertz CT molecular complexity index is 909. The molecule has 0 unspecified atom stereocenters. The van der Waals surface area contributed by atoms with Crippen molar-refractivity contribution in [1.29, 1.82) is 0 Å². The first-order valence-electron chi connectivity index (χ1n) is 7.38. The summed E-state index contributed by atoms with van der Waals surface area (Å²) >= 11 is 0. The molecule has 0 aliphatic rings. The molecule has 3 aromatic rings. The van der Waals surface area contributed by atoms with E-state index in [9.17, 15) is 20.2 Å². The summed E-state index contributed by atoms with van der Waals surface area (Å²) in [5, 5.41) is 21.9. The summed E-state index contributed by atoms with van der Waals surface area (Å²) in [6, 6.07) is 15.9. The van der Waals surface area contributed by atoms with Crippen LogP contribution in [-0.4, -0.2) is 9.85 Å². The first kappa shape index (κ1) is 16.3. The Balaban J connectivity index is 2.10. The number of hydrogen-bond acceptors (Lipinski definition) is 4. The first-order valence-corrected chi connectivity index (χ1v) is 7.38. The van der Waals surface area contributed by atoms with Crippen molar-refractivity contribution in [1.82, 2.24) is 0 Å². The van der Waals surface area contributed by atoms with E-state index >= 15 is 0 Å². The SMILES string of the molecule is Cc1cc(-c2cccc([N+](=O)[O-])c2)cc(-c2cccc([N+](=O)[O-])c2)[o+]1. The Morgan fingerprint density at radius 3 is 1.92 bits per heavy atom. The van der Waals surface area contributed by atoms with Crippen LogP contribution < -0.4 is 0 Å². The van der Waals surface area contributed by atoms with Crippen LogP contribution in [0.2, 0.25) is 0 Å². The van der Waals surface area contributed by atoms with Crippen LogP contribution in [0.25, 0.3) is 22.5 Å². The molecule has 0 spiro atoms. The van der Waals surface area contributed by atoms with Gasteiger partial charge in [-0.1, -0.05) is 18.2 Å². The van der Waals surface area contributed by atoms with Crippen LogP contribution in [0.4, 0.5) is 11.4 Å². The molecule has 0 aliphatic carbocycles. The third-order valence-electron chi connectivity index (χ3n) is 3.65. The van der Waals surface area contributed by atoms with E-state index in [1.165, 1.54) is 24.3 Å². The van der Waals surface area contributed by atoms with Crippen molar-refractivity contribution in [2.24, 2.45) is 0 Å². The van der Waals surface area contributed by atoms with E-state index in [1.807, 2.05) is 0 Å². The van der Waals surface area contributed by atoms with Crippen molar-refractivity contribution in [3.63, 3.8) is 0 Å². The molecule has 124 valence electrons. The lowest BCUT2D eigenvalue weighted by Crippen LogP contribution is -1.90. The third kappa shape index (κ3) is 3.50. The van der Waals surface area contributed by atoms with Crippen molar-refractivity contribution < 1.29 is 14.3 Å². The Labute approximate surface area is 142 Å². The first-order chi connectivity index (χ1) is 11.9. The lowest BCUT2D eigenvalue weighted by atomic mass is 10.0. The van der Waals surface area contributed by atoms with E-state index in [2.05, 4.69) is 0 Å². The maximum absolute atomic E-state index is 11.0. The Morgan fingerprint density at radius 2 is 1.32 bits per heavy atom. The molecule has 0 amide bonds. The van der Waals surface area contributed by atoms with E-state index in [0.717, 1.165) is 5.56 Å². The molecule has 0 saturated carbocycles. The van der Waals surface area contributed by atoms with Gasteiger partial charge in [0.15, 0.2) is 0 Å². The van der Waals surface area contributed by atoms with Gasteiger partial charge >= 0.3 is 11.5 Å². The zero-order valence-corrected chi connectivity index (χ0v) is 13.2. The monoisotopic (exact) mass is 337 g/mol. The molecule has 0 N–H and O–H groups in total. The Kier molecular flexibility index (Phi) is 4.21. The molecule has 1 aromatic heterocycles. The maximum Gasteiger partial charge on any atom is 0.361 e. The highest BCUT2D eigenvalue weighted by Gasteiger charge is 2.19. The van der Waals surface area contributed by atoms with Crippen LogP contribution in [0.3, 0.4) is 0 Å². The second-order valence-corrected chi connectivity index (χ2v) is 5.44. The lowest BCUT2D eigenvalue weighted by Gasteiger charge is -2.01. The molecule has 7 heteroatoms. The van der Waals surface area contributed by atoms with Crippen LogP contribution in [-0.2, 0) is 0 Å². The van der Waals surface area contributed by atoms with E-state index in [0.29, 0.717) is 22.6 Å². The highest BCUT2D eigenvalue weighted by molar-refractivity contribution is 5.72. The topological polar surface area (TPSA) is 97.6 Å². The second kappa shape index (κ2) is 6.48. The summed E-state index contributed by atoms with van der Waals surface area (Å²) < 4.78 is 5.68. The summed E-state index contributed by atoms with van der Waals surface area (Å²) in [7, 11) is 0. The number of rotatable bonds is 4. The number of nitro benzene ring substituents is 2. The van der Waals surface area contributed by atoms with Gasteiger partial charge in [0, 0.05) is 35.9 Å². The molecule has 1 heterocycles. The quantitative estimate of drug-likeness (QED) is 0.378. The zero-order valence-electron chi connectivity index (χ0n) is 13.2. The van der Waals surface area contributed by atoms with Crippen LogP contribution in [0, 0.1) is 27.2 Å². The van der Waals surface area contributed by atoms with Gasteiger partial charge in [-0.15, -0.1) is 0 Å². The van der Waals surface area contributed by atoms with Crippen molar-refractivity contribution in [2.75, 3.05) is 0 Å². The number of nitrogens with zero attached hydrogens (tertiary/aromatic N) is 2. The smallest absolute Gasteiger partial charge is 0.258 e. The fourth-order valence-corrected chi connectivity index (χ4v) is 2.51. The van der Waals surface area contributed by atoms with Gasteiger partial charge in [0.1, 0.15) is 0 Å². The Morgan fingerprint density at radius 1 is 0.760 bits per heavy atom. The van der Waals surface area contributed by atoms with Crippen LogP contribution in [0.1, 0.15) is 5.76 Å². The average Bonchev–Trinajstić information content (AvgIpc) is 2.61. The third-order valence-corrected chi connectivity index (χ3v) is 3.65. The zero-order chi connectivity index (χ0) is 18.0. The largest absolute Gasteiger partial charge is 0.361 e. The van der Waals surface area contributed by atoms with Gasteiger partial charge in [0.05, 0.1) is 28.4 Å². The number of hydrogen-bond donors (Lipinski definition) is 0. The van der Waals surface area contributed by atoms with Crippen LogP contribution in [0.15, 0.2) is 65.1 Å². The van der Waals surface area contributed by atoms with Crippen LogP contribution in [0.5, 0.6) is 0 Å². The molecule has 25 heavy (non-hydrogen) atoms. The minimum Gasteiger partial charge on any atom is -0.258 e. The van der Waals surface area contributed by atoms with Crippen molar-refractivity contribution in [2.45, 2.75) is 6.92 Å². The minimum atomic E-state index is -0.471. The summed E-state index contributed by atoms with van der Waals surface area (Å²) in [4.78, 5) is 21.0. The van der Waals surface area contributed by atoms with Gasteiger partial charge in [-0.3, -0.25) is 20.2 Å². The molecule has 0 radical (unpaired) electrons. The van der Waals surface area contributed by atoms with Gasteiger partial charge in [0.2, 0.25) is 0 Å². The van der Waals surface area contributed by atoms with Gasteiger partial charge in [0.25, 0.3) is 11.4 Å². The maximum atomic E-state index is 11.0. The van der Waals surface area contributed by atoms with Crippen LogP contribution >= 0.6 is 0 Å².